The smallest absolute Gasteiger partial charge is 0.490 e. The zero-order valence-electron chi connectivity index (χ0n) is 13.8. The van der Waals surface area contributed by atoms with Crippen molar-refractivity contribution in [2.45, 2.75) is 63.4 Å². The van der Waals surface area contributed by atoms with Crippen LogP contribution in [0.1, 0.15) is 37.7 Å². The van der Waals surface area contributed by atoms with Gasteiger partial charge in [-0.1, -0.05) is 28.4 Å². The maximum atomic E-state index is 10.6. The van der Waals surface area contributed by atoms with Gasteiger partial charge in [-0.3, -0.25) is 0 Å². The normalized spacial score (nSPS) is 25.6. The predicted molar refractivity (Wildman–Crippen MR) is 90.8 cm³/mol. The number of rotatable bonds is 2. The van der Waals surface area contributed by atoms with Crippen molar-refractivity contribution < 1.29 is 27.8 Å². The van der Waals surface area contributed by atoms with Crippen molar-refractivity contribution in [3.05, 3.63) is 28.2 Å². The Kier molecular flexibility index (Phi) is 6.73. The standard InChI is InChI=1S/C15H20BrNO.C2HF3O2/c1-10-14(16)6-3-7-15(10)18-13-8-11-4-2-5-12(9-13)17-11;3-2(4,5)1(6)7/h3,6-7,11-13,17H,2,4-5,8-9H2,1H3;(H,6,7)/t11-,12+,13+;. The molecule has 0 spiro atoms. The number of hydrogen-bond donors (Lipinski definition) is 2. The first-order valence-electron chi connectivity index (χ1n) is 8.14. The number of hydrogen-bond acceptors (Lipinski definition) is 3. The third-order valence-electron chi connectivity index (χ3n) is 4.43. The summed E-state index contributed by atoms with van der Waals surface area (Å²) in [5, 5.41) is 10.8. The van der Waals surface area contributed by atoms with Crippen LogP contribution >= 0.6 is 15.9 Å². The summed E-state index contributed by atoms with van der Waals surface area (Å²) in [5.41, 5.74) is 1.21. The first-order chi connectivity index (χ1) is 11.7. The molecule has 1 aromatic rings. The van der Waals surface area contributed by atoms with Gasteiger partial charge in [0.15, 0.2) is 0 Å². The molecule has 2 fully saturated rings. The molecular formula is C17H21BrF3NO3. The minimum absolute atomic E-state index is 0.384. The van der Waals surface area contributed by atoms with Gasteiger partial charge in [-0.25, -0.2) is 4.79 Å². The topological polar surface area (TPSA) is 58.6 Å². The van der Waals surface area contributed by atoms with E-state index >= 15 is 0 Å². The molecule has 2 saturated heterocycles. The monoisotopic (exact) mass is 423 g/mol. The van der Waals surface area contributed by atoms with Crippen molar-refractivity contribution in [2.24, 2.45) is 0 Å². The number of carbonyl (C=O) groups is 1. The molecule has 0 amide bonds. The Balaban J connectivity index is 0.000000277. The Morgan fingerprint density at radius 1 is 1.28 bits per heavy atom. The number of carboxylic acids is 1. The molecule has 3 rings (SSSR count). The molecule has 2 aliphatic heterocycles. The second-order valence-corrected chi connectivity index (χ2v) is 7.22. The van der Waals surface area contributed by atoms with Crippen LogP contribution in [-0.4, -0.2) is 35.4 Å². The van der Waals surface area contributed by atoms with Crippen molar-refractivity contribution in [1.82, 2.24) is 5.32 Å². The van der Waals surface area contributed by atoms with Gasteiger partial charge < -0.3 is 15.2 Å². The van der Waals surface area contributed by atoms with Crippen LogP contribution in [0.3, 0.4) is 0 Å². The van der Waals surface area contributed by atoms with E-state index in [9.17, 15) is 13.2 Å². The molecule has 25 heavy (non-hydrogen) atoms. The van der Waals surface area contributed by atoms with Crippen LogP contribution in [-0.2, 0) is 4.79 Å². The summed E-state index contributed by atoms with van der Waals surface area (Å²) >= 11 is 3.57. The summed E-state index contributed by atoms with van der Waals surface area (Å²) in [7, 11) is 0. The summed E-state index contributed by atoms with van der Waals surface area (Å²) in [6.07, 6.45) is 1.62. The molecule has 1 aromatic carbocycles. The minimum Gasteiger partial charge on any atom is -0.490 e. The van der Waals surface area contributed by atoms with Crippen LogP contribution in [0, 0.1) is 6.92 Å². The van der Waals surface area contributed by atoms with Gasteiger partial charge in [0.1, 0.15) is 11.9 Å². The van der Waals surface area contributed by atoms with E-state index in [1.54, 1.807) is 0 Å². The summed E-state index contributed by atoms with van der Waals surface area (Å²) in [5.74, 6) is -1.72. The average molecular weight is 424 g/mol. The van der Waals surface area contributed by atoms with E-state index in [0.717, 1.165) is 23.1 Å². The van der Waals surface area contributed by atoms with E-state index in [0.29, 0.717) is 18.2 Å². The average Bonchev–Trinajstić information content (AvgIpc) is 2.51. The van der Waals surface area contributed by atoms with E-state index in [2.05, 4.69) is 40.3 Å². The Bertz CT molecular complexity index is 597. The lowest BCUT2D eigenvalue weighted by molar-refractivity contribution is -0.192. The van der Waals surface area contributed by atoms with Crippen LogP contribution in [0.2, 0.25) is 0 Å². The van der Waals surface area contributed by atoms with Crippen molar-refractivity contribution in [3.63, 3.8) is 0 Å². The van der Waals surface area contributed by atoms with E-state index in [-0.39, 0.29) is 0 Å². The number of aliphatic carboxylic acids is 1. The SMILES string of the molecule is Cc1c(Br)cccc1O[C@H]1C[C@H]2CCC[C@@H](C1)N2.O=C(O)C(F)(F)F. The van der Waals surface area contributed by atoms with Crippen molar-refractivity contribution in [3.8, 4) is 5.75 Å². The van der Waals surface area contributed by atoms with Gasteiger partial charge in [-0.05, 0) is 44.7 Å². The number of piperidine rings is 2. The van der Waals surface area contributed by atoms with E-state index in [1.165, 1.54) is 24.8 Å². The van der Waals surface area contributed by atoms with Crippen LogP contribution in [0.15, 0.2) is 22.7 Å². The third-order valence-corrected chi connectivity index (χ3v) is 5.28. The van der Waals surface area contributed by atoms with Gasteiger partial charge in [0.05, 0.1) is 0 Å². The summed E-state index contributed by atoms with van der Waals surface area (Å²) in [6, 6.07) is 7.55. The summed E-state index contributed by atoms with van der Waals surface area (Å²) < 4.78 is 39.1. The van der Waals surface area contributed by atoms with E-state index in [4.69, 9.17) is 14.6 Å². The molecule has 0 radical (unpaired) electrons. The number of benzene rings is 1. The highest BCUT2D eigenvalue weighted by Gasteiger charge is 2.38. The fourth-order valence-corrected chi connectivity index (χ4v) is 3.55. The lowest BCUT2D eigenvalue weighted by Crippen LogP contribution is -2.51. The second kappa shape index (κ2) is 8.40. The first kappa shape index (κ1) is 20.0. The highest BCUT2D eigenvalue weighted by Crippen LogP contribution is 2.31. The molecule has 2 aliphatic rings. The second-order valence-electron chi connectivity index (χ2n) is 6.37. The summed E-state index contributed by atoms with van der Waals surface area (Å²) in [6.45, 7) is 2.11. The number of halogens is 4. The molecule has 0 aliphatic carbocycles. The lowest BCUT2D eigenvalue weighted by Gasteiger charge is -2.40. The molecule has 8 heteroatoms. The third kappa shape index (κ3) is 5.88. The zero-order chi connectivity index (χ0) is 18.6. The van der Waals surface area contributed by atoms with Crippen molar-refractivity contribution >= 4 is 21.9 Å². The molecule has 3 atom stereocenters. The van der Waals surface area contributed by atoms with Gasteiger partial charge in [-0.2, -0.15) is 13.2 Å². The molecule has 0 aromatic heterocycles. The molecular weight excluding hydrogens is 403 g/mol. The van der Waals surface area contributed by atoms with Gasteiger partial charge >= 0.3 is 12.1 Å². The number of nitrogens with one attached hydrogen (secondary N) is 1. The fourth-order valence-electron chi connectivity index (χ4n) is 3.20. The maximum absolute atomic E-state index is 10.6. The van der Waals surface area contributed by atoms with Gasteiger partial charge in [0.25, 0.3) is 0 Å². The Hall–Kier alpha value is -1.28. The minimum atomic E-state index is -5.08. The molecule has 4 nitrogen and oxygen atoms in total. The fraction of sp³-hybridized carbons (Fsp3) is 0.588. The highest BCUT2D eigenvalue weighted by atomic mass is 79.9. The van der Waals surface area contributed by atoms with Crippen LogP contribution in [0.5, 0.6) is 5.75 Å². The van der Waals surface area contributed by atoms with Crippen molar-refractivity contribution in [1.29, 1.82) is 0 Å². The van der Waals surface area contributed by atoms with E-state index in [1.807, 2.05) is 6.07 Å². The van der Waals surface area contributed by atoms with Gasteiger partial charge in [0.2, 0.25) is 0 Å². The highest BCUT2D eigenvalue weighted by molar-refractivity contribution is 9.10. The molecule has 0 saturated carbocycles. The number of carboxylic acid groups (broad SMARTS) is 1. The Morgan fingerprint density at radius 2 is 1.84 bits per heavy atom. The quantitative estimate of drug-likeness (QED) is 0.737. The molecule has 140 valence electrons. The molecule has 2 N–H and O–H groups in total. The first-order valence-corrected chi connectivity index (χ1v) is 8.94. The summed E-state index contributed by atoms with van der Waals surface area (Å²) in [4.78, 5) is 8.90. The number of fused-ring (bicyclic) bond motifs is 2. The molecule has 0 unspecified atom stereocenters. The van der Waals surface area contributed by atoms with Gasteiger partial charge in [0, 0.05) is 22.1 Å². The van der Waals surface area contributed by atoms with E-state index < -0.39 is 12.1 Å². The molecule has 2 heterocycles. The number of ether oxygens (including phenoxy) is 1. The van der Waals surface area contributed by atoms with Crippen LogP contribution in [0.4, 0.5) is 13.2 Å². The largest absolute Gasteiger partial charge is 0.490 e. The zero-order valence-corrected chi connectivity index (χ0v) is 15.4. The Labute approximate surface area is 152 Å². The lowest BCUT2D eigenvalue weighted by atomic mass is 9.85. The van der Waals surface area contributed by atoms with Crippen molar-refractivity contribution in [2.75, 3.05) is 0 Å². The Morgan fingerprint density at radius 3 is 2.36 bits per heavy atom. The molecule has 2 bridgehead atoms. The predicted octanol–water partition coefficient (Wildman–Crippen LogP) is 4.44. The number of alkyl halides is 3. The van der Waals surface area contributed by atoms with Crippen LogP contribution in [0.25, 0.3) is 0 Å². The van der Waals surface area contributed by atoms with Gasteiger partial charge in [-0.15, -0.1) is 0 Å². The maximum Gasteiger partial charge on any atom is 0.490 e. The van der Waals surface area contributed by atoms with Crippen LogP contribution < -0.4 is 10.1 Å².